The molecule has 1 saturated carbocycles. The monoisotopic (exact) mass is 216 g/mol. The Morgan fingerprint density at radius 3 is 2.94 bits per heavy atom. The molecule has 0 bridgehead atoms. The number of nitrogens with one attached hydrogen (secondary N) is 1. The molecule has 1 fully saturated rings. The topological polar surface area (TPSA) is 28.7 Å². The van der Waals surface area contributed by atoms with Gasteiger partial charge in [-0.05, 0) is 18.3 Å². The Bertz CT molecular complexity index is 387. The molecule has 1 heterocycles. The summed E-state index contributed by atoms with van der Waals surface area (Å²) >= 11 is 0. The standard InChI is InChI=1S/C14H20N2/c1-14(2,3)7-5-4-6-11-8-12(11)13-9-15-10-16-13/h9-12H,5,7-8H2,1-3H3,(H,15,16)/t11-,12+/m0/s1. The van der Waals surface area contributed by atoms with Crippen LogP contribution < -0.4 is 0 Å². The van der Waals surface area contributed by atoms with Gasteiger partial charge in [0.05, 0.1) is 6.33 Å². The second-order valence-corrected chi connectivity index (χ2v) is 5.84. The van der Waals surface area contributed by atoms with Crippen molar-refractivity contribution in [2.24, 2.45) is 11.3 Å². The van der Waals surface area contributed by atoms with Gasteiger partial charge in [-0.25, -0.2) is 4.98 Å². The van der Waals surface area contributed by atoms with Crippen molar-refractivity contribution in [3.05, 3.63) is 18.2 Å². The lowest BCUT2D eigenvalue weighted by Crippen LogP contribution is -2.03. The first-order valence-corrected chi connectivity index (χ1v) is 6.03. The van der Waals surface area contributed by atoms with Crippen molar-refractivity contribution in [2.75, 3.05) is 0 Å². The van der Waals surface area contributed by atoms with Crippen LogP contribution in [0.4, 0.5) is 0 Å². The molecule has 16 heavy (non-hydrogen) atoms. The van der Waals surface area contributed by atoms with Gasteiger partial charge >= 0.3 is 0 Å². The van der Waals surface area contributed by atoms with E-state index >= 15 is 0 Å². The number of imidazole rings is 1. The normalized spacial score (nSPS) is 23.7. The third-order valence-electron chi connectivity index (χ3n) is 3.00. The van der Waals surface area contributed by atoms with Crippen molar-refractivity contribution >= 4 is 0 Å². The molecule has 1 aliphatic rings. The third kappa shape index (κ3) is 3.13. The van der Waals surface area contributed by atoms with Gasteiger partial charge in [-0.15, -0.1) is 5.92 Å². The molecule has 2 atom stereocenters. The summed E-state index contributed by atoms with van der Waals surface area (Å²) in [5, 5.41) is 0. The fourth-order valence-electron chi connectivity index (χ4n) is 1.81. The molecule has 1 aromatic heterocycles. The molecular formula is C14H20N2. The maximum Gasteiger partial charge on any atom is 0.0921 e. The SMILES string of the molecule is CC(C)(C)CCC#C[C@H]1C[C@H]1c1cnc[nH]1. The molecule has 0 aliphatic heterocycles. The molecule has 0 spiro atoms. The molecule has 0 aromatic carbocycles. The van der Waals surface area contributed by atoms with Crippen LogP contribution in [0.15, 0.2) is 12.5 Å². The zero-order chi connectivity index (χ0) is 11.6. The molecule has 0 radical (unpaired) electrons. The lowest BCUT2D eigenvalue weighted by molar-refractivity contribution is 0.384. The van der Waals surface area contributed by atoms with E-state index in [1.807, 2.05) is 6.20 Å². The van der Waals surface area contributed by atoms with Crippen LogP contribution in [0, 0.1) is 23.2 Å². The summed E-state index contributed by atoms with van der Waals surface area (Å²) in [6.45, 7) is 6.79. The van der Waals surface area contributed by atoms with Crippen LogP contribution in [0.2, 0.25) is 0 Å². The van der Waals surface area contributed by atoms with E-state index in [9.17, 15) is 0 Å². The Morgan fingerprint density at radius 1 is 1.50 bits per heavy atom. The van der Waals surface area contributed by atoms with E-state index < -0.39 is 0 Å². The molecule has 2 rings (SSSR count). The summed E-state index contributed by atoms with van der Waals surface area (Å²) in [7, 11) is 0. The Balaban J connectivity index is 1.75. The molecule has 1 aliphatic carbocycles. The molecule has 0 amide bonds. The Labute approximate surface area is 97.9 Å². The molecule has 2 nitrogen and oxygen atoms in total. The minimum Gasteiger partial charge on any atom is -0.348 e. The van der Waals surface area contributed by atoms with E-state index in [2.05, 4.69) is 42.6 Å². The van der Waals surface area contributed by atoms with Crippen LogP contribution in [0.3, 0.4) is 0 Å². The number of rotatable bonds is 2. The minimum atomic E-state index is 0.404. The van der Waals surface area contributed by atoms with Crippen LogP contribution in [0.1, 0.15) is 51.6 Å². The van der Waals surface area contributed by atoms with Crippen LogP contribution in [0.25, 0.3) is 0 Å². The molecule has 1 N–H and O–H groups in total. The Kier molecular flexibility index (Phi) is 3.05. The van der Waals surface area contributed by atoms with Crippen molar-refractivity contribution in [1.29, 1.82) is 0 Å². The van der Waals surface area contributed by atoms with Gasteiger partial charge in [-0.3, -0.25) is 0 Å². The summed E-state index contributed by atoms with van der Waals surface area (Å²) in [5.74, 6) is 7.87. The molecule has 2 heteroatoms. The summed E-state index contributed by atoms with van der Waals surface area (Å²) in [5.41, 5.74) is 1.65. The molecule has 1 aromatic rings. The highest BCUT2D eigenvalue weighted by molar-refractivity contribution is 5.24. The highest BCUT2D eigenvalue weighted by atomic mass is 14.9. The smallest absolute Gasteiger partial charge is 0.0921 e. The summed E-state index contributed by atoms with van der Waals surface area (Å²) in [6.07, 6.45) is 7.07. The summed E-state index contributed by atoms with van der Waals surface area (Å²) in [6, 6.07) is 0. The molecule has 0 unspecified atom stereocenters. The summed E-state index contributed by atoms with van der Waals surface area (Å²) in [4.78, 5) is 7.21. The lowest BCUT2D eigenvalue weighted by Gasteiger charge is -2.15. The second kappa shape index (κ2) is 4.33. The largest absolute Gasteiger partial charge is 0.348 e. The van der Waals surface area contributed by atoms with E-state index in [4.69, 9.17) is 0 Å². The number of aromatic amines is 1. The van der Waals surface area contributed by atoms with Crippen molar-refractivity contribution in [3.63, 3.8) is 0 Å². The zero-order valence-corrected chi connectivity index (χ0v) is 10.4. The van der Waals surface area contributed by atoms with Crippen molar-refractivity contribution in [2.45, 2.75) is 46.0 Å². The fourth-order valence-corrected chi connectivity index (χ4v) is 1.81. The van der Waals surface area contributed by atoms with E-state index in [1.54, 1.807) is 6.33 Å². The van der Waals surface area contributed by atoms with Crippen LogP contribution >= 0.6 is 0 Å². The van der Waals surface area contributed by atoms with Gasteiger partial charge in [0.1, 0.15) is 0 Å². The maximum atomic E-state index is 4.04. The van der Waals surface area contributed by atoms with Gasteiger partial charge < -0.3 is 4.98 Å². The number of nitrogens with zero attached hydrogens (tertiary/aromatic N) is 1. The first-order chi connectivity index (χ1) is 7.56. The maximum absolute atomic E-state index is 4.04. The average Bonchev–Trinajstić information content (AvgIpc) is 2.75. The summed E-state index contributed by atoms with van der Waals surface area (Å²) < 4.78 is 0. The van der Waals surface area contributed by atoms with Gasteiger partial charge in [0.25, 0.3) is 0 Å². The van der Waals surface area contributed by atoms with E-state index in [0.29, 0.717) is 17.3 Å². The second-order valence-electron chi connectivity index (χ2n) is 5.84. The Morgan fingerprint density at radius 2 is 2.31 bits per heavy atom. The first-order valence-electron chi connectivity index (χ1n) is 6.03. The Hall–Kier alpha value is -1.23. The van der Waals surface area contributed by atoms with E-state index in [-0.39, 0.29) is 0 Å². The third-order valence-corrected chi connectivity index (χ3v) is 3.00. The number of hydrogen-bond donors (Lipinski definition) is 1. The predicted molar refractivity (Wildman–Crippen MR) is 65.9 cm³/mol. The molecular weight excluding hydrogens is 196 g/mol. The van der Waals surface area contributed by atoms with Gasteiger partial charge in [-0.2, -0.15) is 0 Å². The molecule has 86 valence electrons. The predicted octanol–water partition coefficient (Wildman–Crippen LogP) is 3.34. The lowest BCUT2D eigenvalue weighted by atomic mass is 9.91. The molecule has 0 saturated heterocycles. The van der Waals surface area contributed by atoms with Crippen LogP contribution in [-0.2, 0) is 0 Å². The highest BCUT2D eigenvalue weighted by Crippen LogP contribution is 2.45. The highest BCUT2D eigenvalue weighted by Gasteiger charge is 2.37. The van der Waals surface area contributed by atoms with Gasteiger partial charge in [-0.1, -0.05) is 26.7 Å². The quantitative estimate of drug-likeness (QED) is 0.755. The van der Waals surface area contributed by atoms with Crippen molar-refractivity contribution in [1.82, 2.24) is 9.97 Å². The van der Waals surface area contributed by atoms with E-state index in [0.717, 1.165) is 6.42 Å². The van der Waals surface area contributed by atoms with Crippen LogP contribution in [0.5, 0.6) is 0 Å². The fraction of sp³-hybridized carbons (Fsp3) is 0.643. The van der Waals surface area contributed by atoms with Gasteiger partial charge in [0.15, 0.2) is 0 Å². The van der Waals surface area contributed by atoms with E-state index in [1.165, 1.54) is 18.5 Å². The van der Waals surface area contributed by atoms with Crippen LogP contribution in [-0.4, -0.2) is 9.97 Å². The van der Waals surface area contributed by atoms with Crippen molar-refractivity contribution in [3.8, 4) is 11.8 Å². The average molecular weight is 216 g/mol. The van der Waals surface area contributed by atoms with Crippen molar-refractivity contribution < 1.29 is 0 Å². The van der Waals surface area contributed by atoms with Gasteiger partial charge in [0, 0.05) is 30.1 Å². The number of aromatic nitrogens is 2. The van der Waals surface area contributed by atoms with Gasteiger partial charge in [0.2, 0.25) is 0 Å². The first kappa shape index (κ1) is 11.3. The zero-order valence-electron chi connectivity index (χ0n) is 10.4. The minimum absolute atomic E-state index is 0.404. The number of hydrogen-bond acceptors (Lipinski definition) is 1. The number of H-pyrrole nitrogens is 1.